The zero-order valence-electron chi connectivity index (χ0n) is 14.9. The Morgan fingerprint density at radius 3 is 2.74 bits per heavy atom. The number of nitrogens with one attached hydrogen (secondary N) is 1. The van der Waals surface area contributed by atoms with Gasteiger partial charge in [0, 0.05) is 24.4 Å². The Labute approximate surface area is 160 Å². The smallest absolute Gasteiger partial charge is 0.234 e. The van der Waals surface area contributed by atoms with E-state index in [0.717, 1.165) is 11.4 Å². The van der Waals surface area contributed by atoms with Gasteiger partial charge in [0.15, 0.2) is 22.5 Å². The first-order chi connectivity index (χ1) is 13.1. The highest BCUT2D eigenvalue weighted by Crippen LogP contribution is 2.34. The molecule has 1 aromatic heterocycles. The summed E-state index contributed by atoms with van der Waals surface area (Å²) < 4.78 is 12.5. The molecule has 0 saturated carbocycles. The van der Waals surface area contributed by atoms with Gasteiger partial charge >= 0.3 is 0 Å². The number of fused-ring (bicyclic) bond motifs is 1. The molecule has 1 amide bonds. The summed E-state index contributed by atoms with van der Waals surface area (Å²) in [4.78, 5) is 12.3. The highest BCUT2D eigenvalue weighted by Gasteiger charge is 2.16. The topological polar surface area (TPSA) is 78.3 Å². The molecule has 0 atom stereocenters. The molecule has 8 heteroatoms. The number of carbonyl (C=O) groups is 1. The molecule has 2 aromatic carbocycles. The van der Waals surface area contributed by atoms with Crippen molar-refractivity contribution >= 4 is 23.4 Å². The number of aryl methyl sites for hydroxylation is 1. The number of anilines is 1. The molecule has 3 aromatic rings. The van der Waals surface area contributed by atoms with E-state index in [4.69, 9.17) is 9.47 Å². The Morgan fingerprint density at radius 1 is 1.15 bits per heavy atom. The quantitative estimate of drug-likeness (QED) is 0.683. The van der Waals surface area contributed by atoms with Crippen LogP contribution in [0.3, 0.4) is 0 Å². The summed E-state index contributed by atoms with van der Waals surface area (Å²) in [6, 6.07) is 13.4. The fourth-order valence-corrected chi connectivity index (χ4v) is 3.41. The highest BCUT2D eigenvalue weighted by atomic mass is 32.2. The minimum atomic E-state index is -0.126. The van der Waals surface area contributed by atoms with Crippen molar-refractivity contribution in [1.29, 1.82) is 0 Å². The fourth-order valence-electron chi connectivity index (χ4n) is 2.70. The molecule has 0 bridgehead atoms. The van der Waals surface area contributed by atoms with E-state index in [1.54, 1.807) is 18.2 Å². The SMILES string of the molecule is Cc1ccc(-c2nnc(SCC(=O)Nc3ccc4c(c3)OCO4)n2C)cc1. The molecule has 0 fully saturated rings. The average Bonchev–Trinajstić information content (AvgIpc) is 3.27. The Bertz CT molecular complexity index is 985. The normalized spacial score (nSPS) is 12.2. The van der Waals surface area contributed by atoms with Crippen LogP contribution in [0.4, 0.5) is 5.69 Å². The van der Waals surface area contributed by atoms with E-state index in [1.807, 2.05) is 42.8 Å². The first-order valence-electron chi connectivity index (χ1n) is 8.39. The molecule has 2 heterocycles. The Morgan fingerprint density at radius 2 is 1.93 bits per heavy atom. The van der Waals surface area contributed by atoms with Gasteiger partial charge in [-0.05, 0) is 19.1 Å². The van der Waals surface area contributed by atoms with Crippen LogP contribution in [0, 0.1) is 6.92 Å². The van der Waals surface area contributed by atoms with E-state index < -0.39 is 0 Å². The Hall–Kier alpha value is -3.00. The van der Waals surface area contributed by atoms with Gasteiger partial charge in [0.1, 0.15) is 0 Å². The molecule has 1 aliphatic rings. The molecular formula is C19H18N4O3S. The van der Waals surface area contributed by atoms with E-state index in [1.165, 1.54) is 17.3 Å². The molecular weight excluding hydrogens is 364 g/mol. The number of ether oxygens (including phenoxy) is 2. The first-order valence-corrected chi connectivity index (χ1v) is 9.37. The number of carbonyl (C=O) groups excluding carboxylic acids is 1. The van der Waals surface area contributed by atoms with Crippen LogP contribution in [0.1, 0.15) is 5.56 Å². The van der Waals surface area contributed by atoms with E-state index in [2.05, 4.69) is 15.5 Å². The summed E-state index contributed by atoms with van der Waals surface area (Å²) >= 11 is 1.34. The molecule has 0 aliphatic carbocycles. The second-order valence-electron chi connectivity index (χ2n) is 6.14. The summed E-state index contributed by atoms with van der Waals surface area (Å²) in [5, 5.41) is 12.0. The van der Waals surface area contributed by atoms with E-state index >= 15 is 0 Å². The summed E-state index contributed by atoms with van der Waals surface area (Å²) in [6.07, 6.45) is 0. The average molecular weight is 382 g/mol. The third-order valence-corrected chi connectivity index (χ3v) is 5.15. The van der Waals surface area contributed by atoms with Crippen molar-refractivity contribution in [3.8, 4) is 22.9 Å². The van der Waals surface area contributed by atoms with Crippen molar-refractivity contribution < 1.29 is 14.3 Å². The Kier molecular flexibility index (Phi) is 4.72. The second-order valence-corrected chi connectivity index (χ2v) is 7.08. The minimum absolute atomic E-state index is 0.126. The summed E-state index contributed by atoms with van der Waals surface area (Å²) in [6.45, 7) is 2.25. The monoisotopic (exact) mass is 382 g/mol. The molecule has 0 radical (unpaired) electrons. The maximum atomic E-state index is 12.3. The Balaban J connectivity index is 1.38. The molecule has 0 unspecified atom stereocenters. The summed E-state index contributed by atoms with van der Waals surface area (Å²) in [7, 11) is 1.90. The molecule has 7 nitrogen and oxygen atoms in total. The zero-order chi connectivity index (χ0) is 18.8. The molecule has 0 saturated heterocycles. The first kappa shape index (κ1) is 17.4. The third-order valence-electron chi connectivity index (χ3n) is 4.13. The lowest BCUT2D eigenvalue weighted by atomic mass is 10.1. The second kappa shape index (κ2) is 7.32. The van der Waals surface area contributed by atoms with Crippen LogP contribution in [-0.4, -0.2) is 33.2 Å². The number of rotatable bonds is 5. The lowest BCUT2D eigenvalue weighted by Crippen LogP contribution is -2.14. The van der Waals surface area contributed by atoms with Crippen molar-refractivity contribution in [3.05, 3.63) is 48.0 Å². The van der Waals surface area contributed by atoms with Crippen molar-refractivity contribution in [2.45, 2.75) is 12.1 Å². The minimum Gasteiger partial charge on any atom is -0.454 e. The molecule has 138 valence electrons. The van der Waals surface area contributed by atoms with E-state index in [0.29, 0.717) is 22.3 Å². The molecule has 1 aliphatic heterocycles. The fraction of sp³-hybridized carbons (Fsp3) is 0.211. The molecule has 4 rings (SSSR count). The van der Waals surface area contributed by atoms with E-state index in [9.17, 15) is 4.79 Å². The molecule has 0 spiro atoms. The van der Waals surface area contributed by atoms with Crippen LogP contribution in [0.5, 0.6) is 11.5 Å². The highest BCUT2D eigenvalue weighted by molar-refractivity contribution is 7.99. The largest absolute Gasteiger partial charge is 0.454 e. The summed E-state index contributed by atoms with van der Waals surface area (Å²) in [5.74, 6) is 2.20. The third kappa shape index (κ3) is 3.75. The number of hydrogen-bond donors (Lipinski definition) is 1. The van der Waals surface area contributed by atoms with Crippen molar-refractivity contribution in [2.75, 3.05) is 17.9 Å². The van der Waals surface area contributed by atoms with Gasteiger partial charge < -0.3 is 19.4 Å². The van der Waals surface area contributed by atoms with E-state index in [-0.39, 0.29) is 18.5 Å². The van der Waals surface area contributed by atoms with Gasteiger partial charge in [0.05, 0.1) is 5.75 Å². The summed E-state index contributed by atoms with van der Waals surface area (Å²) in [5.41, 5.74) is 2.85. The van der Waals surface area contributed by atoms with Crippen molar-refractivity contribution in [1.82, 2.24) is 14.8 Å². The lowest BCUT2D eigenvalue weighted by molar-refractivity contribution is -0.113. The standard InChI is InChI=1S/C19H18N4O3S/c1-12-3-5-13(6-4-12)18-21-22-19(23(18)2)27-10-17(24)20-14-7-8-15-16(9-14)26-11-25-15/h3-9H,10-11H2,1-2H3,(H,20,24). The van der Waals surface area contributed by atoms with Gasteiger partial charge in [-0.1, -0.05) is 41.6 Å². The van der Waals surface area contributed by atoms with Crippen LogP contribution >= 0.6 is 11.8 Å². The number of thioether (sulfide) groups is 1. The zero-order valence-corrected chi connectivity index (χ0v) is 15.7. The lowest BCUT2D eigenvalue weighted by Gasteiger charge is -2.06. The predicted octanol–water partition coefficient (Wildman–Crippen LogP) is 3.25. The van der Waals surface area contributed by atoms with Gasteiger partial charge in [-0.3, -0.25) is 4.79 Å². The molecule has 1 N–H and O–H groups in total. The number of amides is 1. The molecule has 27 heavy (non-hydrogen) atoms. The maximum Gasteiger partial charge on any atom is 0.234 e. The maximum absolute atomic E-state index is 12.3. The van der Waals surface area contributed by atoms with Gasteiger partial charge in [0.2, 0.25) is 12.7 Å². The predicted molar refractivity (Wildman–Crippen MR) is 103 cm³/mol. The van der Waals surface area contributed by atoms with Gasteiger partial charge in [-0.2, -0.15) is 0 Å². The number of hydrogen-bond acceptors (Lipinski definition) is 6. The van der Waals surface area contributed by atoms with Gasteiger partial charge in [-0.15, -0.1) is 10.2 Å². The number of aromatic nitrogens is 3. The van der Waals surface area contributed by atoms with Crippen LogP contribution in [0.15, 0.2) is 47.6 Å². The van der Waals surface area contributed by atoms with Crippen LogP contribution < -0.4 is 14.8 Å². The van der Waals surface area contributed by atoms with Gasteiger partial charge in [0.25, 0.3) is 0 Å². The van der Waals surface area contributed by atoms with Crippen molar-refractivity contribution in [2.24, 2.45) is 7.05 Å². The number of benzene rings is 2. The van der Waals surface area contributed by atoms with Crippen LogP contribution in [-0.2, 0) is 11.8 Å². The van der Waals surface area contributed by atoms with Crippen molar-refractivity contribution in [3.63, 3.8) is 0 Å². The number of nitrogens with zero attached hydrogens (tertiary/aromatic N) is 3. The van der Waals surface area contributed by atoms with Crippen LogP contribution in [0.2, 0.25) is 0 Å². The van der Waals surface area contributed by atoms with Gasteiger partial charge in [-0.25, -0.2) is 0 Å². The van der Waals surface area contributed by atoms with Crippen LogP contribution in [0.25, 0.3) is 11.4 Å².